The molecule has 0 spiro atoms. The Kier molecular flexibility index (Phi) is 5.69. The summed E-state index contributed by atoms with van der Waals surface area (Å²) in [5, 5.41) is 11.9. The first-order valence-corrected chi connectivity index (χ1v) is 9.43. The first-order valence-electron chi connectivity index (χ1n) is 9.43. The maximum atomic E-state index is 13.1. The number of hydrogen-bond donors (Lipinski definition) is 1. The quantitative estimate of drug-likeness (QED) is 0.653. The molecule has 0 bridgehead atoms. The van der Waals surface area contributed by atoms with Gasteiger partial charge in [-0.2, -0.15) is 10.1 Å². The summed E-state index contributed by atoms with van der Waals surface area (Å²) < 4.78 is 23.5. The van der Waals surface area contributed by atoms with E-state index in [0.717, 1.165) is 5.01 Å². The molecule has 2 aromatic carbocycles. The molecule has 4 rings (SSSR count). The number of rotatable bonds is 6. The maximum absolute atomic E-state index is 13.1. The Labute approximate surface area is 176 Å². The van der Waals surface area contributed by atoms with E-state index in [9.17, 15) is 14.0 Å². The van der Waals surface area contributed by atoms with Crippen molar-refractivity contribution in [3.8, 4) is 17.1 Å². The van der Waals surface area contributed by atoms with Gasteiger partial charge in [0.05, 0.1) is 7.11 Å². The van der Waals surface area contributed by atoms with Crippen LogP contribution in [0.25, 0.3) is 11.4 Å². The fourth-order valence-electron chi connectivity index (χ4n) is 2.97. The summed E-state index contributed by atoms with van der Waals surface area (Å²) in [5.74, 6) is -0.0556. The highest BCUT2D eigenvalue weighted by atomic mass is 19.1. The van der Waals surface area contributed by atoms with E-state index in [1.54, 1.807) is 24.3 Å². The summed E-state index contributed by atoms with van der Waals surface area (Å²) in [6, 6.07) is 12.5. The lowest BCUT2D eigenvalue weighted by molar-refractivity contribution is -0.135. The molecule has 158 valence electrons. The van der Waals surface area contributed by atoms with Crippen LogP contribution in [0.15, 0.2) is 58.2 Å². The number of carbonyl (C=O) groups excluding carboxylic acids is 2. The first-order chi connectivity index (χ1) is 15.0. The molecule has 9 nitrogen and oxygen atoms in total. The van der Waals surface area contributed by atoms with Crippen molar-refractivity contribution in [3.05, 3.63) is 60.2 Å². The largest absolute Gasteiger partial charge is 0.497 e. The maximum Gasteiger partial charge on any atom is 0.274 e. The van der Waals surface area contributed by atoms with Gasteiger partial charge in [0.15, 0.2) is 0 Å². The van der Waals surface area contributed by atoms with Gasteiger partial charge in [0.25, 0.3) is 5.89 Å². The third-order valence-corrected chi connectivity index (χ3v) is 4.53. The van der Waals surface area contributed by atoms with Crippen LogP contribution in [-0.4, -0.2) is 46.3 Å². The van der Waals surface area contributed by atoms with E-state index in [0.29, 0.717) is 29.1 Å². The molecule has 1 aromatic heterocycles. The zero-order chi connectivity index (χ0) is 21.8. The van der Waals surface area contributed by atoms with Crippen LogP contribution in [-0.2, 0) is 9.59 Å². The molecule has 0 aliphatic carbocycles. The Morgan fingerprint density at radius 3 is 2.81 bits per heavy atom. The summed E-state index contributed by atoms with van der Waals surface area (Å²) in [4.78, 5) is 28.9. The molecule has 0 radical (unpaired) electrons. The lowest BCUT2D eigenvalue weighted by Gasteiger charge is -2.21. The summed E-state index contributed by atoms with van der Waals surface area (Å²) in [7, 11) is 1.53. The second kappa shape index (κ2) is 8.74. The molecule has 1 aliphatic rings. The number of hydrazone groups is 1. The van der Waals surface area contributed by atoms with Gasteiger partial charge in [0.1, 0.15) is 23.8 Å². The predicted octanol–water partition coefficient (Wildman–Crippen LogP) is 2.85. The fraction of sp³-hybridized carbons (Fsp3) is 0.190. The summed E-state index contributed by atoms with van der Waals surface area (Å²) in [6.07, 6.45) is 0.456. The van der Waals surface area contributed by atoms with Crippen LogP contribution < -0.4 is 10.1 Å². The van der Waals surface area contributed by atoms with Gasteiger partial charge in [-0.05, 0) is 36.4 Å². The molecule has 1 aliphatic heterocycles. The highest BCUT2D eigenvalue weighted by Gasteiger charge is 2.26. The summed E-state index contributed by atoms with van der Waals surface area (Å²) in [5.41, 5.74) is 1.52. The van der Waals surface area contributed by atoms with Crippen LogP contribution in [0.3, 0.4) is 0 Å². The highest BCUT2D eigenvalue weighted by molar-refractivity contribution is 6.02. The Morgan fingerprint density at radius 2 is 2.03 bits per heavy atom. The zero-order valence-electron chi connectivity index (χ0n) is 16.5. The minimum Gasteiger partial charge on any atom is -0.497 e. The molecule has 10 heteroatoms. The molecule has 3 aromatic rings. The van der Waals surface area contributed by atoms with Gasteiger partial charge in [-0.3, -0.25) is 9.59 Å². The number of anilines is 1. The smallest absolute Gasteiger partial charge is 0.274 e. The van der Waals surface area contributed by atoms with Crippen molar-refractivity contribution in [1.29, 1.82) is 0 Å². The molecule has 2 heterocycles. The van der Waals surface area contributed by atoms with E-state index in [1.807, 2.05) is 0 Å². The molecule has 0 saturated carbocycles. The molecular formula is C21H18FN5O4. The number of ether oxygens (including phenoxy) is 1. The second-order valence-corrected chi connectivity index (χ2v) is 6.71. The van der Waals surface area contributed by atoms with Crippen molar-refractivity contribution in [2.24, 2.45) is 5.10 Å². The van der Waals surface area contributed by atoms with Crippen molar-refractivity contribution in [3.63, 3.8) is 0 Å². The Balaban J connectivity index is 1.47. The van der Waals surface area contributed by atoms with Gasteiger partial charge in [0, 0.05) is 30.2 Å². The summed E-state index contributed by atoms with van der Waals surface area (Å²) >= 11 is 0. The van der Waals surface area contributed by atoms with E-state index in [-0.39, 0.29) is 36.4 Å². The van der Waals surface area contributed by atoms with Crippen LogP contribution in [0.4, 0.5) is 10.1 Å². The van der Waals surface area contributed by atoms with E-state index >= 15 is 0 Å². The molecule has 31 heavy (non-hydrogen) atoms. The lowest BCUT2D eigenvalue weighted by Crippen LogP contribution is -2.38. The standard InChI is InChI=1S/C21H18FN5O4/c1-30-16-4-2-3-15(11-16)23-18(28)12-27-19(29)10-9-17(25-27)21-24-20(26-31-21)13-5-7-14(22)8-6-13/h2-8,11H,9-10,12H2,1H3,(H,23,28). The van der Waals surface area contributed by atoms with Crippen molar-refractivity contribution in [2.45, 2.75) is 12.8 Å². The number of nitrogens with zero attached hydrogens (tertiary/aromatic N) is 4. The van der Waals surface area contributed by atoms with Gasteiger partial charge in [-0.25, -0.2) is 9.40 Å². The van der Waals surface area contributed by atoms with Crippen LogP contribution in [0.5, 0.6) is 5.75 Å². The minimum absolute atomic E-state index is 0.144. The van der Waals surface area contributed by atoms with Gasteiger partial charge in [0.2, 0.25) is 17.6 Å². The second-order valence-electron chi connectivity index (χ2n) is 6.71. The number of nitrogens with one attached hydrogen (secondary N) is 1. The van der Waals surface area contributed by atoms with Crippen LogP contribution in [0.1, 0.15) is 18.7 Å². The fourth-order valence-corrected chi connectivity index (χ4v) is 2.97. The number of methoxy groups -OCH3 is 1. The van der Waals surface area contributed by atoms with E-state index < -0.39 is 5.91 Å². The van der Waals surface area contributed by atoms with Crippen molar-refractivity contribution < 1.29 is 23.2 Å². The van der Waals surface area contributed by atoms with Crippen molar-refractivity contribution in [1.82, 2.24) is 15.1 Å². The third kappa shape index (κ3) is 4.74. The normalized spacial score (nSPS) is 13.7. The van der Waals surface area contributed by atoms with Crippen molar-refractivity contribution >= 4 is 23.2 Å². The number of aromatic nitrogens is 2. The monoisotopic (exact) mass is 423 g/mol. The minimum atomic E-state index is -0.413. The number of benzene rings is 2. The van der Waals surface area contributed by atoms with Gasteiger partial charge in [-0.1, -0.05) is 11.2 Å². The van der Waals surface area contributed by atoms with Gasteiger partial charge in [-0.15, -0.1) is 0 Å². The molecular weight excluding hydrogens is 405 g/mol. The SMILES string of the molecule is COc1cccc(NC(=O)CN2N=C(c3nc(-c4ccc(F)cc4)no3)CCC2=O)c1. The third-order valence-electron chi connectivity index (χ3n) is 4.53. The number of amides is 2. The molecule has 0 saturated heterocycles. The highest BCUT2D eigenvalue weighted by Crippen LogP contribution is 2.20. The Hall–Kier alpha value is -4.08. The number of hydrogen-bond acceptors (Lipinski definition) is 7. The van der Waals surface area contributed by atoms with E-state index in [1.165, 1.54) is 31.4 Å². The average molecular weight is 423 g/mol. The molecule has 2 amide bonds. The zero-order valence-corrected chi connectivity index (χ0v) is 16.5. The average Bonchev–Trinajstić information content (AvgIpc) is 3.26. The summed E-state index contributed by atoms with van der Waals surface area (Å²) in [6.45, 7) is -0.265. The predicted molar refractivity (Wildman–Crippen MR) is 109 cm³/mol. The molecule has 0 atom stereocenters. The topological polar surface area (TPSA) is 110 Å². The number of carbonyl (C=O) groups is 2. The van der Waals surface area contributed by atoms with Gasteiger partial charge >= 0.3 is 0 Å². The molecule has 1 N–H and O–H groups in total. The van der Waals surface area contributed by atoms with Gasteiger partial charge < -0.3 is 14.6 Å². The molecule has 0 unspecified atom stereocenters. The van der Waals surface area contributed by atoms with E-state index in [4.69, 9.17) is 9.26 Å². The Bertz CT molecular complexity index is 1140. The lowest BCUT2D eigenvalue weighted by atomic mass is 10.1. The van der Waals surface area contributed by atoms with Crippen LogP contribution in [0, 0.1) is 5.82 Å². The first kappa shape index (κ1) is 20.2. The molecule has 0 fully saturated rings. The van der Waals surface area contributed by atoms with Crippen LogP contribution >= 0.6 is 0 Å². The van der Waals surface area contributed by atoms with E-state index in [2.05, 4.69) is 20.6 Å². The Morgan fingerprint density at radius 1 is 1.23 bits per heavy atom. The van der Waals surface area contributed by atoms with Crippen molar-refractivity contribution in [2.75, 3.05) is 19.0 Å². The number of halogens is 1. The van der Waals surface area contributed by atoms with Crippen LogP contribution in [0.2, 0.25) is 0 Å².